The van der Waals surface area contributed by atoms with Crippen LogP contribution in [0.1, 0.15) is 24.3 Å². The fraction of sp³-hybridized carbons (Fsp3) is 0.250. The summed E-state index contributed by atoms with van der Waals surface area (Å²) in [6.45, 7) is 3.48. The standard InChI is InChI=1S/C12H13NO3/c1-9(2)16-12(15)7-6-11(14)10-5-3-4-8-13-10/h3-9H,1-2H3. The number of pyridine rings is 1. The molecule has 0 bridgehead atoms. The normalized spacial score (nSPS) is 10.7. The maximum Gasteiger partial charge on any atom is 0.331 e. The van der Waals surface area contributed by atoms with Gasteiger partial charge in [0.2, 0.25) is 5.78 Å². The van der Waals surface area contributed by atoms with E-state index in [9.17, 15) is 9.59 Å². The quantitative estimate of drug-likeness (QED) is 0.440. The van der Waals surface area contributed by atoms with E-state index in [1.54, 1.807) is 32.0 Å². The summed E-state index contributed by atoms with van der Waals surface area (Å²) in [5, 5.41) is 0. The van der Waals surface area contributed by atoms with Gasteiger partial charge in [0.15, 0.2) is 0 Å². The highest BCUT2D eigenvalue weighted by atomic mass is 16.5. The van der Waals surface area contributed by atoms with Gasteiger partial charge in [-0.1, -0.05) is 6.07 Å². The van der Waals surface area contributed by atoms with E-state index in [1.807, 2.05) is 0 Å². The van der Waals surface area contributed by atoms with Crippen LogP contribution in [0.4, 0.5) is 0 Å². The average molecular weight is 219 g/mol. The Morgan fingerprint density at radius 2 is 2.06 bits per heavy atom. The van der Waals surface area contributed by atoms with Crippen LogP contribution in [0.5, 0.6) is 0 Å². The fourth-order valence-corrected chi connectivity index (χ4v) is 1.01. The molecule has 84 valence electrons. The number of ether oxygens (including phenoxy) is 1. The smallest absolute Gasteiger partial charge is 0.331 e. The first kappa shape index (κ1) is 12.1. The molecule has 4 nitrogen and oxygen atoms in total. The Morgan fingerprint density at radius 3 is 2.62 bits per heavy atom. The number of carbonyl (C=O) groups excluding carboxylic acids is 2. The average Bonchev–Trinajstić information content (AvgIpc) is 2.26. The van der Waals surface area contributed by atoms with Crippen LogP contribution < -0.4 is 0 Å². The van der Waals surface area contributed by atoms with Crippen LogP contribution in [0.25, 0.3) is 0 Å². The molecule has 1 aromatic rings. The van der Waals surface area contributed by atoms with E-state index >= 15 is 0 Å². The molecule has 1 rings (SSSR count). The number of nitrogens with zero attached hydrogens (tertiary/aromatic N) is 1. The summed E-state index contributed by atoms with van der Waals surface area (Å²) in [5.74, 6) is -0.847. The molecule has 0 amide bonds. The van der Waals surface area contributed by atoms with Crippen molar-refractivity contribution in [1.29, 1.82) is 0 Å². The second-order valence-electron chi connectivity index (χ2n) is 3.40. The molecule has 0 N–H and O–H groups in total. The minimum atomic E-state index is -0.528. The zero-order valence-electron chi connectivity index (χ0n) is 9.21. The number of allylic oxidation sites excluding steroid dienone is 1. The Labute approximate surface area is 94.0 Å². The largest absolute Gasteiger partial charge is 0.460 e. The lowest BCUT2D eigenvalue weighted by molar-refractivity contribution is -0.141. The lowest BCUT2D eigenvalue weighted by atomic mass is 10.2. The van der Waals surface area contributed by atoms with Gasteiger partial charge in [0, 0.05) is 12.3 Å². The molecule has 0 unspecified atom stereocenters. The Balaban J connectivity index is 2.58. The SMILES string of the molecule is CC(C)OC(=O)C=CC(=O)c1ccccn1. The molecule has 0 aliphatic carbocycles. The molecule has 0 radical (unpaired) electrons. The highest BCUT2D eigenvalue weighted by Crippen LogP contribution is 1.97. The summed E-state index contributed by atoms with van der Waals surface area (Å²) in [6, 6.07) is 5.01. The lowest BCUT2D eigenvalue weighted by Crippen LogP contribution is -2.09. The van der Waals surface area contributed by atoms with Gasteiger partial charge >= 0.3 is 5.97 Å². The lowest BCUT2D eigenvalue weighted by Gasteiger charge is -2.03. The van der Waals surface area contributed by atoms with Crippen molar-refractivity contribution in [2.24, 2.45) is 0 Å². The van der Waals surface area contributed by atoms with Crippen LogP contribution in [0.15, 0.2) is 36.5 Å². The van der Waals surface area contributed by atoms with Crippen molar-refractivity contribution in [2.75, 3.05) is 0 Å². The van der Waals surface area contributed by atoms with Crippen LogP contribution in [0, 0.1) is 0 Å². The number of hydrogen-bond acceptors (Lipinski definition) is 4. The molecular formula is C12H13NO3. The Hall–Kier alpha value is -1.97. The number of ketones is 1. The second kappa shape index (κ2) is 5.80. The van der Waals surface area contributed by atoms with Crippen LogP contribution in [0.2, 0.25) is 0 Å². The number of esters is 1. The first-order chi connectivity index (χ1) is 7.59. The van der Waals surface area contributed by atoms with Crippen molar-refractivity contribution in [2.45, 2.75) is 20.0 Å². The third kappa shape index (κ3) is 4.04. The van der Waals surface area contributed by atoms with Crippen LogP contribution in [-0.4, -0.2) is 22.8 Å². The fourth-order valence-electron chi connectivity index (χ4n) is 1.01. The van der Waals surface area contributed by atoms with Gasteiger partial charge < -0.3 is 4.74 Å². The van der Waals surface area contributed by atoms with Gasteiger partial charge in [-0.05, 0) is 32.1 Å². The van der Waals surface area contributed by atoms with Gasteiger partial charge in [-0.3, -0.25) is 9.78 Å². The monoisotopic (exact) mass is 219 g/mol. The number of hydrogen-bond donors (Lipinski definition) is 0. The molecule has 0 aromatic carbocycles. The molecule has 0 saturated heterocycles. The molecule has 1 heterocycles. The van der Waals surface area contributed by atoms with Gasteiger partial charge in [0.25, 0.3) is 0 Å². The molecule has 0 aliphatic rings. The summed E-state index contributed by atoms with van der Waals surface area (Å²) < 4.78 is 4.84. The Bertz CT molecular complexity index is 396. The minimum Gasteiger partial charge on any atom is -0.460 e. The van der Waals surface area contributed by atoms with Crippen molar-refractivity contribution in [1.82, 2.24) is 4.98 Å². The summed E-state index contributed by atoms with van der Waals surface area (Å²) >= 11 is 0. The van der Waals surface area contributed by atoms with Gasteiger partial charge in [-0.15, -0.1) is 0 Å². The molecule has 0 atom stereocenters. The van der Waals surface area contributed by atoms with Gasteiger partial charge in [-0.2, -0.15) is 0 Å². The molecule has 16 heavy (non-hydrogen) atoms. The third-order valence-electron chi connectivity index (χ3n) is 1.64. The van der Waals surface area contributed by atoms with E-state index in [4.69, 9.17) is 4.74 Å². The van der Waals surface area contributed by atoms with E-state index in [1.165, 1.54) is 6.20 Å². The van der Waals surface area contributed by atoms with Crippen molar-refractivity contribution in [3.63, 3.8) is 0 Å². The molecule has 0 fully saturated rings. The van der Waals surface area contributed by atoms with Crippen LogP contribution in [-0.2, 0) is 9.53 Å². The third-order valence-corrected chi connectivity index (χ3v) is 1.64. The first-order valence-corrected chi connectivity index (χ1v) is 4.93. The van der Waals surface area contributed by atoms with E-state index in [-0.39, 0.29) is 11.9 Å². The summed E-state index contributed by atoms with van der Waals surface area (Å²) in [4.78, 5) is 26.5. The number of rotatable bonds is 4. The highest BCUT2D eigenvalue weighted by molar-refractivity contribution is 6.05. The van der Waals surface area contributed by atoms with E-state index in [0.717, 1.165) is 12.2 Å². The van der Waals surface area contributed by atoms with Gasteiger partial charge in [-0.25, -0.2) is 4.79 Å². The maximum absolute atomic E-state index is 11.5. The summed E-state index contributed by atoms with van der Waals surface area (Å²) in [7, 11) is 0. The van der Waals surface area contributed by atoms with Gasteiger partial charge in [0.1, 0.15) is 5.69 Å². The molecule has 4 heteroatoms. The maximum atomic E-state index is 11.5. The van der Waals surface area contributed by atoms with Crippen LogP contribution >= 0.6 is 0 Å². The zero-order chi connectivity index (χ0) is 12.0. The molecular weight excluding hydrogens is 206 g/mol. The number of aromatic nitrogens is 1. The zero-order valence-corrected chi connectivity index (χ0v) is 9.21. The summed E-state index contributed by atoms with van der Waals surface area (Å²) in [6.07, 6.45) is 3.60. The molecule has 0 saturated carbocycles. The van der Waals surface area contributed by atoms with Crippen molar-refractivity contribution >= 4 is 11.8 Å². The highest BCUT2D eigenvalue weighted by Gasteiger charge is 2.04. The van der Waals surface area contributed by atoms with Crippen molar-refractivity contribution in [3.05, 3.63) is 42.2 Å². The Kier molecular flexibility index (Phi) is 4.39. The van der Waals surface area contributed by atoms with Crippen molar-refractivity contribution < 1.29 is 14.3 Å². The Morgan fingerprint density at radius 1 is 1.31 bits per heavy atom. The predicted molar refractivity (Wildman–Crippen MR) is 58.9 cm³/mol. The first-order valence-electron chi connectivity index (χ1n) is 4.93. The molecule has 0 aliphatic heterocycles. The van der Waals surface area contributed by atoms with Crippen LogP contribution in [0.3, 0.4) is 0 Å². The van der Waals surface area contributed by atoms with E-state index < -0.39 is 5.97 Å². The van der Waals surface area contributed by atoms with Gasteiger partial charge in [0.05, 0.1) is 6.10 Å². The van der Waals surface area contributed by atoms with Crippen molar-refractivity contribution in [3.8, 4) is 0 Å². The molecule has 0 spiro atoms. The number of carbonyl (C=O) groups is 2. The molecule has 1 aromatic heterocycles. The predicted octanol–water partition coefficient (Wildman–Crippen LogP) is 1.77. The second-order valence-corrected chi connectivity index (χ2v) is 3.40. The van der Waals surface area contributed by atoms with E-state index in [2.05, 4.69) is 4.98 Å². The topological polar surface area (TPSA) is 56.3 Å². The van der Waals surface area contributed by atoms with E-state index in [0.29, 0.717) is 5.69 Å². The minimum absolute atomic E-state index is 0.192. The summed E-state index contributed by atoms with van der Waals surface area (Å²) in [5.41, 5.74) is 0.302.